The molecule has 0 saturated carbocycles. The maximum Gasteiger partial charge on any atom is 0.0497 e. The van der Waals surface area contributed by atoms with Gasteiger partial charge in [0.25, 0.3) is 0 Å². The summed E-state index contributed by atoms with van der Waals surface area (Å²) in [5.41, 5.74) is 2.40. The molecule has 0 fully saturated rings. The van der Waals surface area contributed by atoms with E-state index < -0.39 is 0 Å². The molecule has 0 bridgehead atoms. The minimum Gasteiger partial charge on any atom is -0.378 e. The van der Waals surface area contributed by atoms with Gasteiger partial charge in [-0.1, -0.05) is 74.3 Å². The summed E-state index contributed by atoms with van der Waals surface area (Å²) in [5, 5.41) is 6.07. The number of rotatable bonds is 3. The number of anilines is 1. The van der Waals surface area contributed by atoms with Gasteiger partial charge in [-0.2, -0.15) is 0 Å². The van der Waals surface area contributed by atoms with E-state index in [9.17, 15) is 0 Å². The second-order valence-electron chi connectivity index (χ2n) is 5.03. The SMILES string of the molecule is CC(Nc1ccc(Br)c2ccccc12)c1ccccc1Br. The van der Waals surface area contributed by atoms with Crippen LogP contribution in [0.5, 0.6) is 0 Å². The molecule has 0 amide bonds. The molecule has 0 aliphatic rings. The smallest absolute Gasteiger partial charge is 0.0497 e. The Hall–Kier alpha value is -1.32. The van der Waals surface area contributed by atoms with Crippen molar-refractivity contribution in [3.05, 3.63) is 75.2 Å². The predicted molar refractivity (Wildman–Crippen MR) is 97.8 cm³/mol. The van der Waals surface area contributed by atoms with Crippen molar-refractivity contribution in [3.63, 3.8) is 0 Å². The van der Waals surface area contributed by atoms with Crippen molar-refractivity contribution in [1.82, 2.24) is 0 Å². The zero-order chi connectivity index (χ0) is 14.8. The highest BCUT2D eigenvalue weighted by Gasteiger charge is 2.11. The Balaban J connectivity index is 1.99. The summed E-state index contributed by atoms with van der Waals surface area (Å²) in [6, 6.07) is 21.2. The molecule has 1 unspecified atom stereocenters. The second-order valence-corrected chi connectivity index (χ2v) is 6.74. The Bertz CT molecular complexity index is 783. The first-order chi connectivity index (χ1) is 10.2. The fourth-order valence-electron chi connectivity index (χ4n) is 2.53. The minimum atomic E-state index is 0.227. The third-order valence-corrected chi connectivity index (χ3v) is 5.03. The Morgan fingerprint density at radius 2 is 1.43 bits per heavy atom. The number of hydrogen-bond donors (Lipinski definition) is 1. The van der Waals surface area contributed by atoms with E-state index in [0.29, 0.717) is 0 Å². The second kappa shape index (κ2) is 6.20. The van der Waals surface area contributed by atoms with E-state index in [-0.39, 0.29) is 6.04 Å². The summed E-state index contributed by atoms with van der Waals surface area (Å²) < 4.78 is 2.25. The van der Waals surface area contributed by atoms with Gasteiger partial charge >= 0.3 is 0 Å². The largest absolute Gasteiger partial charge is 0.378 e. The molecule has 1 N–H and O–H groups in total. The van der Waals surface area contributed by atoms with Crippen molar-refractivity contribution in [2.45, 2.75) is 13.0 Å². The first kappa shape index (κ1) is 14.6. The molecule has 0 aliphatic heterocycles. The standard InChI is InChI=1S/C18H15Br2N/c1-12(13-6-4-5-9-16(13)19)21-18-11-10-17(20)14-7-2-3-8-15(14)18/h2-12,21H,1H3. The van der Waals surface area contributed by atoms with Gasteiger partial charge in [0.2, 0.25) is 0 Å². The summed E-state index contributed by atoms with van der Waals surface area (Å²) in [6.07, 6.45) is 0. The van der Waals surface area contributed by atoms with Crippen molar-refractivity contribution in [3.8, 4) is 0 Å². The molecule has 0 radical (unpaired) electrons. The van der Waals surface area contributed by atoms with Crippen molar-refractivity contribution in [2.24, 2.45) is 0 Å². The highest BCUT2D eigenvalue weighted by Crippen LogP contribution is 2.33. The first-order valence-electron chi connectivity index (χ1n) is 6.85. The number of hydrogen-bond acceptors (Lipinski definition) is 1. The molecule has 3 aromatic carbocycles. The molecule has 0 aliphatic carbocycles. The Morgan fingerprint density at radius 3 is 2.19 bits per heavy atom. The number of fused-ring (bicyclic) bond motifs is 1. The van der Waals surface area contributed by atoms with Gasteiger partial charge in [-0.15, -0.1) is 0 Å². The predicted octanol–water partition coefficient (Wildman–Crippen LogP) is 6.54. The molecule has 106 valence electrons. The number of nitrogens with one attached hydrogen (secondary N) is 1. The van der Waals surface area contributed by atoms with Gasteiger partial charge in [0, 0.05) is 26.1 Å². The van der Waals surface area contributed by atoms with E-state index in [1.54, 1.807) is 0 Å². The van der Waals surface area contributed by atoms with Crippen molar-refractivity contribution in [1.29, 1.82) is 0 Å². The van der Waals surface area contributed by atoms with Gasteiger partial charge in [0.05, 0.1) is 0 Å². The zero-order valence-electron chi connectivity index (χ0n) is 11.6. The lowest BCUT2D eigenvalue weighted by atomic mass is 10.1. The van der Waals surface area contributed by atoms with Gasteiger partial charge in [0.15, 0.2) is 0 Å². The van der Waals surface area contributed by atoms with Crippen LogP contribution < -0.4 is 5.32 Å². The van der Waals surface area contributed by atoms with Crippen LogP contribution >= 0.6 is 31.9 Å². The van der Waals surface area contributed by atoms with Crippen LogP contribution in [-0.4, -0.2) is 0 Å². The van der Waals surface area contributed by atoms with Crippen LogP contribution in [0.4, 0.5) is 5.69 Å². The van der Waals surface area contributed by atoms with Crippen LogP contribution in [0.2, 0.25) is 0 Å². The van der Waals surface area contributed by atoms with Gasteiger partial charge in [-0.05, 0) is 36.1 Å². The molecular weight excluding hydrogens is 390 g/mol. The van der Waals surface area contributed by atoms with Gasteiger partial charge in [-0.25, -0.2) is 0 Å². The summed E-state index contributed by atoms with van der Waals surface area (Å²) in [6.45, 7) is 2.18. The quantitative estimate of drug-likeness (QED) is 0.522. The van der Waals surface area contributed by atoms with Crippen LogP contribution in [0.3, 0.4) is 0 Å². The van der Waals surface area contributed by atoms with E-state index in [1.807, 2.05) is 6.07 Å². The minimum absolute atomic E-state index is 0.227. The highest BCUT2D eigenvalue weighted by atomic mass is 79.9. The summed E-state index contributed by atoms with van der Waals surface area (Å²) in [7, 11) is 0. The summed E-state index contributed by atoms with van der Waals surface area (Å²) in [4.78, 5) is 0. The lowest BCUT2D eigenvalue weighted by Gasteiger charge is -2.19. The van der Waals surface area contributed by atoms with E-state index in [0.717, 1.165) is 14.6 Å². The molecule has 3 aromatic rings. The Kier molecular flexibility index (Phi) is 4.32. The molecule has 1 nitrogen and oxygen atoms in total. The Morgan fingerprint density at radius 1 is 0.762 bits per heavy atom. The van der Waals surface area contributed by atoms with Crippen LogP contribution in [0.15, 0.2) is 69.6 Å². The maximum absolute atomic E-state index is 3.62. The monoisotopic (exact) mass is 403 g/mol. The Labute approximate surface area is 141 Å². The molecular formula is C18H15Br2N. The van der Waals surface area contributed by atoms with Crippen LogP contribution in [0.25, 0.3) is 10.8 Å². The fourth-order valence-corrected chi connectivity index (χ4v) is 3.63. The molecule has 1 atom stereocenters. The molecule has 21 heavy (non-hydrogen) atoms. The molecule has 3 rings (SSSR count). The molecule has 3 heteroatoms. The fraction of sp³-hybridized carbons (Fsp3) is 0.111. The average molecular weight is 405 g/mol. The topological polar surface area (TPSA) is 12.0 Å². The number of benzene rings is 3. The van der Waals surface area contributed by atoms with E-state index in [4.69, 9.17) is 0 Å². The summed E-state index contributed by atoms with van der Waals surface area (Å²) >= 11 is 7.24. The third-order valence-electron chi connectivity index (χ3n) is 3.61. The van der Waals surface area contributed by atoms with E-state index in [1.165, 1.54) is 16.3 Å². The molecule has 0 spiro atoms. The molecule has 0 aromatic heterocycles. The third kappa shape index (κ3) is 2.99. The molecule has 0 heterocycles. The van der Waals surface area contributed by atoms with Gasteiger partial charge in [0.1, 0.15) is 0 Å². The van der Waals surface area contributed by atoms with Crippen LogP contribution in [-0.2, 0) is 0 Å². The van der Waals surface area contributed by atoms with Crippen LogP contribution in [0, 0.1) is 0 Å². The van der Waals surface area contributed by atoms with E-state index in [2.05, 4.69) is 98.7 Å². The zero-order valence-corrected chi connectivity index (χ0v) is 14.8. The molecule has 0 saturated heterocycles. The number of halogens is 2. The van der Waals surface area contributed by atoms with Crippen molar-refractivity contribution >= 4 is 48.3 Å². The summed E-state index contributed by atoms with van der Waals surface area (Å²) in [5.74, 6) is 0. The van der Waals surface area contributed by atoms with Crippen molar-refractivity contribution in [2.75, 3.05) is 5.32 Å². The highest BCUT2D eigenvalue weighted by molar-refractivity contribution is 9.11. The maximum atomic E-state index is 3.62. The average Bonchev–Trinajstić information content (AvgIpc) is 2.51. The van der Waals surface area contributed by atoms with Crippen molar-refractivity contribution < 1.29 is 0 Å². The first-order valence-corrected chi connectivity index (χ1v) is 8.43. The van der Waals surface area contributed by atoms with Gasteiger partial charge in [-0.3, -0.25) is 0 Å². The van der Waals surface area contributed by atoms with Gasteiger partial charge < -0.3 is 5.32 Å². The van der Waals surface area contributed by atoms with E-state index >= 15 is 0 Å². The lowest BCUT2D eigenvalue weighted by molar-refractivity contribution is 0.881. The normalized spacial score (nSPS) is 12.3. The van der Waals surface area contributed by atoms with Crippen LogP contribution in [0.1, 0.15) is 18.5 Å². The lowest BCUT2D eigenvalue weighted by Crippen LogP contribution is -2.07.